The number of fused-ring (bicyclic) bond motifs is 2. The molecule has 0 radical (unpaired) electrons. The Kier molecular flexibility index (Phi) is 9.67. The van der Waals surface area contributed by atoms with E-state index in [-0.39, 0.29) is 40.4 Å². The fourth-order valence-electron chi connectivity index (χ4n) is 7.36. The lowest BCUT2D eigenvalue weighted by molar-refractivity contribution is -0.122. The number of likely N-dealkylation sites (tertiary alicyclic amines) is 1. The standard InChI is InChI=1S/C34H37Cl2FN4O2.C2H6/c1-33(2,3)16-30-34(25-12-9-23(35)15-29(25)39-32(34)43)26(22-8-13-28(37)27(36)14-22)18-40(30)31(21-6-7-21)41(19-42)24-10-4-20(17-38)5-11-24;1-2/h4-5,8-15,19,21,26,30-31H,6-7,16-18,38H2,1-3H3,(H,39,43);1-2H3/t26?,30?,31?,34-;/m0./s1. The van der Waals surface area contributed by atoms with Crippen LogP contribution in [-0.4, -0.2) is 36.0 Å². The van der Waals surface area contributed by atoms with Gasteiger partial charge in [-0.05, 0) is 83.7 Å². The Balaban J connectivity index is 0.00000196. The maximum Gasteiger partial charge on any atom is 0.237 e. The van der Waals surface area contributed by atoms with Crippen molar-refractivity contribution in [2.75, 3.05) is 16.8 Å². The predicted octanol–water partition coefficient (Wildman–Crippen LogP) is 8.11. The molecular formula is C36H43Cl2FN4O2. The normalized spacial score (nSPS) is 23.3. The minimum absolute atomic E-state index is 0.0152. The third-order valence-corrected chi connectivity index (χ3v) is 9.85. The number of benzene rings is 3. The molecule has 2 fully saturated rings. The second kappa shape index (κ2) is 13.0. The molecule has 4 atom stereocenters. The van der Waals surface area contributed by atoms with E-state index < -0.39 is 11.2 Å². The third kappa shape index (κ3) is 6.12. The second-order valence-electron chi connectivity index (χ2n) is 13.4. The highest BCUT2D eigenvalue weighted by Gasteiger charge is 2.66. The number of nitrogens with one attached hydrogen (secondary N) is 1. The molecule has 2 amide bonds. The number of carbonyl (C=O) groups excluding carboxylic acids is 2. The fraction of sp³-hybridized carbons (Fsp3) is 0.444. The predicted molar refractivity (Wildman–Crippen MR) is 181 cm³/mol. The molecule has 9 heteroatoms. The summed E-state index contributed by atoms with van der Waals surface area (Å²) in [6.45, 7) is 11.4. The summed E-state index contributed by atoms with van der Waals surface area (Å²) in [4.78, 5) is 31.7. The second-order valence-corrected chi connectivity index (χ2v) is 14.2. The lowest BCUT2D eigenvalue weighted by Crippen LogP contribution is -2.57. The van der Waals surface area contributed by atoms with Crippen molar-refractivity contribution in [1.29, 1.82) is 0 Å². The minimum atomic E-state index is -1.03. The van der Waals surface area contributed by atoms with Gasteiger partial charge in [-0.1, -0.05) is 82.1 Å². The number of anilines is 2. The van der Waals surface area contributed by atoms with Gasteiger partial charge in [-0.3, -0.25) is 19.4 Å². The lowest BCUT2D eigenvalue weighted by atomic mass is 9.64. The van der Waals surface area contributed by atoms with Gasteiger partial charge in [-0.25, -0.2) is 4.39 Å². The Morgan fingerprint density at radius 2 is 1.78 bits per heavy atom. The summed E-state index contributed by atoms with van der Waals surface area (Å²) in [6.07, 6.45) is 3.26. The van der Waals surface area contributed by atoms with Crippen LogP contribution in [0.25, 0.3) is 0 Å². The molecule has 240 valence electrons. The zero-order valence-electron chi connectivity index (χ0n) is 26.6. The molecule has 3 aromatic rings. The van der Waals surface area contributed by atoms with Gasteiger partial charge < -0.3 is 11.1 Å². The quantitative estimate of drug-likeness (QED) is 0.241. The van der Waals surface area contributed by atoms with E-state index in [4.69, 9.17) is 28.9 Å². The van der Waals surface area contributed by atoms with Crippen LogP contribution in [-0.2, 0) is 21.5 Å². The summed E-state index contributed by atoms with van der Waals surface area (Å²) in [6, 6.07) is 17.8. The largest absolute Gasteiger partial charge is 0.326 e. The Labute approximate surface area is 276 Å². The van der Waals surface area contributed by atoms with Crippen LogP contribution in [0.4, 0.5) is 15.8 Å². The number of amides is 2. The van der Waals surface area contributed by atoms with Crippen molar-refractivity contribution >= 4 is 46.9 Å². The van der Waals surface area contributed by atoms with E-state index in [2.05, 4.69) is 31.0 Å². The van der Waals surface area contributed by atoms with E-state index in [1.165, 1.54) is 6.07 Å². The number of halogens is 3. The average molecular weight is 654 g/mol. The minimum Gasteiger partial charge on any atom is -0.326 e. The zero-order chi connectivity index (χ0) is 32.7. The molecule has 1 saturated carbocycles. The van der Waals surface area contributed by atoms with Crippen molar-refractivity contribution in [3.8, 4) is 0 Å². The van der Waals surface area contributed by atoms with Crippen LogP contribution in [0.3, 0.4) is 0 Å². The Morgan fingerprint density at radius 3 is 2.36 bits per heavy atom. The molecule has 1 spiro atoms. The SMILES string of the molecule is CC.CC(C)(C)CC1N(C(C2CC2)N(C=O)c2ccc(CN)cc2)CC(c2ccc(F)c(Cl)c2)[C@]12C(=O)Nc1cc(Cl)ccc12. The summed E-state index contributed by atoms with van der Waals surface area (Å²) >= 11 is 12.8. The maximum atomic E-state index is 14.5. The average Bonchev–Trinajstić information content (AvgIpc) is 3.75. The van der Waals surface area contributed by atoms with Gasteiger partial charge in [-0.15, -0.1) is 0 Å². The van der Waals surface area contributed by atoms with Gasteiger partial charge in [0.25, 0.3) is 0 Å². The van der Waals surface area contributed by atoms with Crippen molar-refractivity contribution in [1.82, 2.24) is 4.90 Å². The molecule has 1 saturated heterocycles. The van der Waals surface area contributed by atoms with Crippen molar-refractivity contribution in [3.63, 3.8) is 0 Å². The van der Waals surface area contributed by atoms with Crippen LogP contribution in [0.1, 0.15) is 76.5 Å². The molecular weight excluding hydrogens is 610 g/mol. The molecule has 3 aliphatic rings. The van der Waals surface area contributed by atoms with E-state index in [0.29, 0.717) is 30.2 Å². The van der Waals surface area contributed by atoms with Gasteiger partial charge in [0.2, 0.25) is 12.3 Å². The number of hydrogen-bond acceptors (Lipinski definition) is 4. The number of nitrogens with two attached hydrogens (primary N) is 1. The number of rotatable bonds is 8. The van der Waals surface area contributed by atoms with E-state index in [1.807, 2.05) is 55.1 Å². The van der Waals surface area contributed by atoms with E-state index in [9.17, 15) is 14.0 Å². The number of carbonyl (C=O) groups is 2. The van der Waals surface area contributed by atoms with Crippen LogP contribution < -0.4 is 16.0 Å². The summed E-state index contributed by atoms with van der Waals surface area (Å²) in [5.74, 6) is -0.752. The van der Waals surface area contributed by atoms with Crippen LogP contribution >= 0.6 is 23.2 Å². The van der Waals surface area contributed by atoms with Crippen LogP contribution in [0.2, 0.25) is 10.0 Å². The number of nitrogens with zero attached hydrogens (tertiary/aromatic N) is 2. The van der Waals surface area contributed by atoms with Gasteiger partial charge in [0.1, 0.15) is 5.82 Å². The van der Waals surface area contributed by atoms with Crippen LogP contribution in [0.15, 0.2) is 60.7 Å². The Hall–Kier alpha value is -2.97. The zero-order valence-corrected chi connectivity index (χ0v) is 28.1. The summed E-state index contributed by atoms with van der Waals surface area (Å²) in [5.41, 5.74) is 8.75. The molecule has 3 unspecified atom stereocenters. The first-order chi connectivity index (χ1) is 21.5. The highest BCUT2D eigenvalue weighted by Crippen LogP contribution is 2.59. The molecule has 45 heavy (non-hydrogen) atoms. The first kappa shape index (κ1) is 33.4. The topological polar surface area (TPSA) is 78.7 Å². The Bertz CT molecular complexity index is 1560. The number of hydrogen-bond donors (Lipinski definition) is 2. The van der Waals surface area contributed by atoms with Crippen molar-refractivity contribution < 1.29 is 14.0 Å². The highest BCUT2D eigenvalue weighted by molar-refractivity contribution is 6.31. The summed E-state index contributed by atoms with van der Waals surface area (Å²) < 4.78 is 14.4. The van der Waals surface area contributed by atoms with Gasteiger partial charge in [0, 0.05) is 41.4 Å². The molecule has 1 aliphatic carbocycles. The molecule has 3 aromatic carbocycles. The van der Waals surface area contributed by atoms with Gasteiger partial charge in [-0.2, -0.15) is 0 Å². The summed E-state index contributed by atoms with van der Waals surface area (Å²) in [5, 5.41) is 3.70. The first-order valence-electron chi connectivity index (χ1n) is 15.8. The molecule has 6 rings (SSSR count). The maximum absolute atomic E-state index is 14.5. The van der Waals surface area contributed by atoms with E-state index in [1.54, 1.807) is 18.2 Å². The lowest BCUT2D eigenvalue weighted by Gasteiger charge is -2.44. The molecule has 0 bridgehead atoms. The molecule has 0 aromatic heterocycles. The Morgan fingerprint density at radius 1 is 1.09 bits per heavy atom. The third-order valence-electron chi connectivity index (χ3n) is 9.32. The van der Waals surface area contributed by atoms with Crippen LogP contribution in [0.5, 0.6) is 0 Å². The fourth-order valence-corrected chi connectivity index (χ4v) is 7.72. The van der Waals surface area contributed by atoms with Crippen LogP contribution in [0, 0.1) is 17.2 Å². The molecule has 3 N–H and O–H groups in total. The van der Waals surface area contributed by atoms with Gasteiger partial charge in [0.05, 0.1) is 16.6 Å². The summed E-state index contributed by atoms with van der Waals surface area (Å²) in [7, 11) is 0. The van der Waals surface area contributed by atoms with Crippen molar-refractivity contribution in [2.24, 2.45) is 17.1 Å². The molecule has 6 nitrogen and oxygen atoms in total. The van der Waals surface area contributed by atoms with Gasteiger partial charge in [0.15, 0.2) is 0 Å². The monoisotopic (exact) mass is 652 g/mol. The van der Waals surface area contributed by atoms with Gasteiger partial charge >= 0.3 is 0 Å². The smallest absolute Gasteiger partial charge is 0.237 e. The first-order valence-corrected chi connectivity index (χ1v) is 16.6. The van der Waals surface area contributed by atoms with Crippen molar-refractivity contribution in [2.45, 2.75) is 84.0 Å². The molecule has 2 aliphatic heterocycles. The van der Waals surface area contributed by atoms with E-state index in [0.717, 1.165) is 41.6 Å². The van der Waals surface area contributed by atoms with E-state index >= 15 is 0 Å². The van der Waals surface area contributed by atoms with Crippen molar-refractivity contribution in [3.05, 3.63) is 93.2 Å². The highest BCUT2D eigenvalue weighted by atomic mass is 35.5. The molecule has 2 heterocycles.